The average Bonchev–Trinajstić information content (AvgIpc) is 3.03. The van der Waals surface area contributed by atoms with Crippen molar-refractivity contribution in [2.75, 3.05) is 39.5 Å². The van der Waals surface area contributed by atoms with Gasteiger partial charge >= 0.3 is 6.36 Å². The van der Waals surface area contributed by atoms with Gasteiger partial charge in [-0.2, -0.15) is 0 Å². The largest absolute Gasteiger partial charge is 0.573 e. The van der Waals surface area contributed by atoms with Crippen molar-refractivity contribution in [1.82, 2.24) is 19.8 Å². The number of amides is 1. The number of aromatic nitrogens is 2. The molecule has 1 amide bonds. The Bertz CT molecular complexity index is 1270. The van der Waals surface area contributed by atoms with Crippen LogP contribution in [0, 0.1) is 6.92 Å². The first-order chi connectivity index (χ1) is 21.2. The number of ether oxygens (including phenoxy) is 4. The molecule has 1 aromatic carbocycles. The molecule has 4 saturated heterocycles. The van der Waals surface area contributed by atoms with Crippen LogP contribution in [0.25, 0.3) is 0 Å². The second-order valence-corrected chi connectivity index (χ2v) is 12.2. The summed E-state index contributed by atoms with van der Waals surface area (Å²) in [5.41, 5.74) is 2.95. The van der Waals surface area contributed by atoms with E-state index in [0.29, 0.717) is 43.9 Å². The van der Waals surface area contributed by atoms with Gasteiger partial charge in [-0.3, -0.25) is 9.69 Å². The fourth-order valence-corrected chi connectivity index (χ4v) is 7.21. The zero-order valence-electron chi connectivity index (χ0n) is 25.1. The van der Waals surface area contributed by atoms with Gasteiger partial charge in [-0.05, 0) is 76.0 Å². The summed E-state index contributed by atoms with van der Waals surface area (Å²) in [5, 5.41) is 0. The Morgan fingerprint density at radius 1 is 1.02 bits per heavy atom. The molecule has 9 nitrogen and oxygen atoms in total. The summed E-state index contributed by atoms with van der Waals surface area (Å²) in [6, 6.07) is 6.76. The lowest BCUT2D eigenvalue weighted by molar-refractivity contribution is -0.274. The minimum absolute atomic E-state index is 0.0112. The maximum absolute atomic E-state index is 13.6. The third-order valence-corrected chi connectivity index (χ3v) is 9.53. The average molecular weight is 619 g/mol. The maximum atomic E-state index is 13.6. The Morgan fingerprint density at radius 3 is 2.59 bits per heavy atom. The van der Waals surface area contributed by atoms with Crippen molar-refractivity contribution < 1.29 is 36.9 Å². The van der Waals surface area contributed by atoms with Gasteiger partial charge in [-0.25, -0.2) is 9.97 Å². The van der Waals surface area contributed by atoms with Crippen LogP contribution >= 0.6 is 0 Å². The molecule has 4 aliphatic rings. The highest BCUT2D eigenvalue weighted by molar-refractivity contribution is 5.93. The van der Waals surface area contributed by atoms with Crippen molar-refractivity contribution in [3.05, 3.63) is 53.1 Å². The van der Waals surface area contributed by atoms with E-state index in [1.54, 1.807) is 12.1 Å². The summed E-state index contributed by atoms with van der Waals surface area (Å²) in [6.07, 6.45) is 3.62. The minimum atomic E-state index is -4.72. The first-order valence-corrected chi connectivity index (χ1v) is 15.8. The van der Waals surface area contributed by atoms with E-state index in [0.717, 1.165) is 81.5 Å². The second-order valence-electron chi connectivity index (χ2n) is 12.2. The number of carbonyl (C=O) groups excluding carboxylic acids is 1. The fourth-order valence-electron chi connectivity index (χ4n) is 7.21. The van der Waals surface area contributed by atoms with E-state index >= 15 is 0 Å². The van der Waals surface area contributed by atoms with Gasteiger partial charge in [0.1, 0.15) is 17.8 Å². The molecule has 240 valence electrons. The highest BCUT2D eigenvalue weighted by Gasteiger charge is 2.40. The van der Waals surface area contributed by atoms with Gasteiger partial charge in [0.05, 0.1) is 31.5 Å². The molecule has 4 atom stereocenters. The Labute approximate surface area is 256 Å². The summed E-state index contributed by atoms with van der Waals surface area (Å²) < 4.78 is 59.4. The maximum Gasteiger partial charge on any atom is 0.573 e. The number of benzene rings is 1. The molecule has 0 N–H and O–H groups in total. The lowest BCUT2D eigenvalue weighted by Crippen LogP contribution is -2.60. The molecule has 1 aromatic heterocycles. The van der Waals surface area contributed by atoms with Crippen molar-refractivity contribution in [3.63, 3.8) is 0 Å². The molecule has 44 heavy (non-hydrogen) atoms. The number of piperidine rings is 1. The van der Waals surface area contributed by atoms with Crippen LogP contribution in [-0.2, 0) is 20.6 Å². The van der Waals surface area contributed by atoms with Crippen molar-refractivity contribution >= 4 is 5.91 Å². The molecule has 6 rings (SSSR count). The van der Waals surface area contributed by atoms with E-state index in [1.807, 2.05) is 11.8 Å². The predicted octanol–water partition coefficient (Wildman–Crippen LogP) is 5.02. The zero-order valence-corrected chi connectivity index (χ0v) is 25.1. The first-order valence-electron chi connectivity index (χ1n) is 15.8. The SMILES string of the molecule is Cc1c(CC[C@H]2CCC[C@@H](c3ccc(OC(F)(F)F)cc3)O2)ncnc1C(=O)N1CCC(N2CCO[C@H]3COCC[C@H]32)CC1. The van der Waals surface area contributed by atoms with Crippen molar-refractivity contribution in [3.8, 4) is 5.75 Å². The lowest BCUT2D eigenvalue weighted by atomic mass is 9.94. The highest BCUT2D eigenvalue weighted by Crippen LogP contribution is 2.35. The Hall–Kier alpha value is -2.80. The number of morpholine rings is 1. The molecule has 12 heteroatoms. The van der Waals surface area contributed by atoms with Crippen LogP contribution in [0.1, 0.15) is 78.4 Å². The summed E-state index contributed by atoms with van der Waals surface area (Å²) in [7, 11) is 0. The predicted molar refractivity (Wildman–Crippen MR) is 154 cm³/mol. The van der Waals surface area contributed by atoms with Gasteiger partial charge in [-0.15, -0.1) is 13.2 Å². The number of likely N-dealkylation sites (tertiary alicyclic amines) is 1. The Balaban J connectivity index is 1.02. The van der Waals surface area contributed by atoms with E-state index < -0.39 is 6.36 Å². The molecule has 5 heterocycles. The summed E-state index contributed by atoms with van der Waals surface area (Å²) in [5.74, 6) is -0.282. The molecular formula is C32H41F3N4O5. The van der Waals surface area contributed by atoms with Crippen LogP contribution in [0.3, 0.4) is 0 Å². The van der Waals surface area contributed by atoms with E-state index in [2.05, 4.69) is 19.6 Å². The third kappa shape index (κ3) is 7.35. The Kier molecular flexibility index (Phi) is 9.70. The number of alkyl halides is 3. The number of aryl methyl sites for hydroxylation is 1. The smallest absolute Gasteiger partial charge is 0.406 e. The van der Waals surface area contributed by atoms with Gasteiger partial charge < -0.3 is 23.8 Å². The molecule has 0 aliphatic carbocycles. The van der Waals surface area contributed by atoms with Gasteiger partial charge in [0.25, 0.3) is 5.91 Å². The third-order valence-electron chi connectivity index (χ3n) is 9.53. The molecule has 4 aliphatic heterocycles. The highest BCUT2D eigenvalue weighted by atomic mass is 19.4. The molecule has 2 aromatic rings. The number of fused-ring (bicyclic) bond motifs is 1. The monoisotopic (exact) mass is 618 g/mol. The lowest BCUT2D eigenvalue weighted by Gasteiger charge is -2.49. The van der Waals surface area contributed by atoms with Crippen LogP contribution in [-0.4, -0.2) is 95.8 Å². The number of nitrogens with zero attached hydrogens (tertiary/aromatic N) is 4. The van der Waals surface area contributed by atoms with Gasteiger partial charge in [0.15, 0.2) is 0 Å². The Morgan fingerprint density at radius 2 is 1.82 bits per heavy atom. The molecule has 0 saturated carbocycles. The summed E-state index contributed by atoms with van der Waals surface area (Å²) in [6.45, 7) is 6.43. The van der Waals surface area contributed by atoms with Crippen LogP contribution in [0.2, 0.25) is 0 Å². The molecule has 0 spiro atoms. The van der Waals surface area contributed by atoms with E-state index in [-0.39, 0.29) is 30.0 Å². The van der Waals surface area contributed by atoms with Crippen molar-refractivity contribution in [2.24, 2.45) is 0 Å². The van der Waals surface area contributed by atoms with E-state index in [4.69, 9.17) is 14.2 Å². The standard InChI is InChI=1S/C32H41F3N4O5/c1-21-26(10-9-24-3-2-4-28(43-24)22-5-7-25(8-6-22)44-32(33,34)35)36-20-37-30(21)31(40)38-14-11-23(12-15-38)39-16-18-42-29-19-41-17-13-27(29)39/h5-8,20,23-24,27-29H,2-4,9-19H2,1H3/t24-,27-,28+,29+/m1/s1. The number of halogens is 3. The van der Waals surface area contributed by atoms with E-state index in [9.17, 15) is 18.0 Å². The summed E-state index contributed by atoms with van der Waals surface area (Å²) >= 11 is 0. The van der Waals surface area contributed by atoms with Crippen LogP contribution in [0.15, 0.2) is 30.6 Å². The summed E-state index contributed by atoms with van der Waals surface area (Å²) in [4.78, 5) is 27.0. The van der Waals surface area contributed by atoms with Crippen molar-refractivity contribution in [1.29, 1.82) is 0 Å². The van der Waals surface area contributed by atoms with Gasteiger partial charge in [0.2, 0.25) is 0 Å². The number of rotatable bonds is 7. The van der Waals surface area contributed by atoms with Gasteiger partial charge in [0, 0.05) is 49.6 Å². The molecule has 0 unspecified atom stereocenters. The van der Waals surface area contributed by atoms with E-state index in [1.165, 1.54) is 18.5 Å². The first kappa shape index (κ1) is 31.2. The van der Waals surface area contributed by atoms with Crippen LogP contribution < -0.4 is 4.74 Å². The van der Waals surface area contributed by atoms with Crippen molar-refractivity contribution in [2.45, 2.75) is 95.0 Å². The van der Waals surface area contributed by atoms with Crippen LogP contribution in [0.5, 0.6) is 5.75 Å². The molecule has 4 fully saturated rings. The van der Waals surface area contributed by atoms with Gasteiger partial charge in [-0.1, -0.05) is 12.1 Å². The minimum Gasteiger partial charge on any atom is -0.406 e. The fraction of sp³-hybridized carbons (Fsp3) is 0.656. The number of hydrogen-bond donors (Lipinski definition) is 0. The zero-order chi connectivity index (χ0) is 30.7. The number of carbonyl (C=O) groups is 1. The molecular weight excluding hydrogens is 577 g/mol. The quantitative estimate of drug-likeness (QED) is 0.428. The normalized spacial score (nSPS) is 27.1. The molecule has 0 radical (unpaired) electrons. The second kappa shape index (κ2) is 13.7. The topological polar surface area (TPSA) is 86.2 Å². The number of hydrogen-bond acceptors (Lipinski definition) is 8. The van der Waals surface area contributed by atoms with Crippen LogP contribution in [0.4, 0.5) is 13.2 Å². The molecule has 0 bridgehead atoms.